The van der Waals surface area contributed by atoms with Crippen molar-refractivity contribution in [2.24, 2.45) is 0 Å². The number of unbranched alkanes of at least 4 members (excludes halogenated alkanes) is 4. The van der Waals surface area contributed by atoms with Crippen LogP contribution in [-0.2, 0) is 12.8 Å². The van der Waals surface area contributed by atoms with Crippen molar-refractivity contribution in [3.8, 4) is 0 Å². The van der Waals surface area contributed by atoms with E-state index >= 15 is 0 Å². The van der Waals surface area contributed by atoms with Gasteiger partial charge in [-0.25, -0.2) is 4.79 Å². The molecule has 0 fully saturated rings. The van der Waals surface area contributed by atoms with E-state index in [0.29, 0.717) is 0 Å². The summed E-state index contributed by atoms with van der Waals surface area (Å²) in [6.07, 6.45) is 8.13. The van der Waals surface area contributed by atoms with E-state index in [-0.39, 0.29) is 0 Å². The summed E-state index contributed by atoms with van der Waals surface area (Å²) in [4.78, 5) is 10.9. The predicted octanol–water partition coefficient (Wildman–Crippen LogP) is 5.24. The van der Waals surface area contributed by atoms with Gasteiger partial charge in [0.1, 0.15) is 0 Å². The van der Waals surface area contributed by atoms with Crippen LogP contribution in [0.3, 0.4) is 0 Å². The Kier molecular flexibility index (Phi) is 7.78. The Morgan fingerprint density at radius 2 is 1.70 bits per heavy atom. The Morgan fingerprint density at radius 1 is 1.05 bits per heavy atom. The first kappa shape index (κ1) is 16.5. The van der Waals surface area contributed by atoms with Crippen molar-refractivity contribution in [1.29, 1.82) is 0 Å². The molecule has 1 aromatic rings. The Morgan fingerprint density at radius 3 is 2.30 bits per heavy atom. The fraction of sp³-hybridized carbons (Fsp3) is 0.588. The van der Waals surface area contributed by atoms with E-state index in [1.807, 2.05) is 12.1 Å². The molecule has 0 unspecified atom stereocenters. The van der Waals surface area contributed by atoms with Crippen LogP contribution >= 0.6 is 0 Å². The third-order valence-electron chi connectivity index (χ3n) is 3.59. The van der Waals surface area contributed by atoms with Crippen molar-refractivity contribution >= 4 is 11.8 Å². The average Bonchev–Trinajstić information content (AvgIpc) is 2.41. The molecule has 2 N–H and O–H groups in total. The van der Waals surface area contributed by atoms with Crippen LogP contribution in [0.2, 0.25) is 0 Å². The first-order chi connectivity index (χ1) is 9.69. The van der Waals surface area contributed by atoms with Crippen molar-refractivity contribution in [3.05, 3.63) is 29.3 Å². The Balaban J connectivity index is 2.85. The molecule has 1 amide bonds. The van der Waals surface area contributed by atoms with Gasteiger partial charge in [-0.1, -0.05) is 51.7 Å². The maximum atomic E-state index is 10.9. The first-order valence-electron chi connectivity index (χ1n) is 7.79. The summed E-state index contributed by atoms with van der Waals surface area (Å²) < 4.78 is 0. The summed E-state index contributed by atoms with van der Waals surface area (Å²) in [7, 11) is 0. The van der Waals surface area contributed by atoms with Gasteiger partial charge in [0.05, 0.1) is 0 Å². The predicted molar refractivity (Wildman–Crippen MR) is 84.5 cm³/mol. The van der Waals surface area contributed by atoms with Crippen LogP contribution in [0.25, 0.3) is 0 Å². The number of amides is 1. The summed E-state index contributed by atoms with van der Waals surface area (Å²) in [6.45, 7) is 4.38. The van der Waals surface area contributed by atoms with Crippen molar-refractivity contribution in [1.82, 2.24) is 0 Å². The second-order valence-corrected chi connectivity index (χ2v) is 5.29. The second kappa shape index (κ2) is 9.40. The van der Waals surface area contributed by atoms with E-state index in [1.54, 1.807) is 0 Å². The summed E-state index contributed by atoms with van der Waals surface area (Å²) >= 11 is 0. The van der Waals surface area contributed by atoms with Gasteiger partial charge in [0, 0.05) is 5.69 Å². The molecule has 112 valence electrons. The van der Waals surface area contributed by atoms with Gasteiger partial charge in [0.25, 0.3) is 0 Å². The molecule has 3 heteroatoms. The lowest BCUT2D eigenvalue weighted by Gasteiger charge is -2.14. The summed E-state index contributed by atoms with van der Waals surface area (Å²) in [5.74, 6) is 0. The van der Waals surface area contributed by atoms with Crippen LogP contribution in [-0.4, -0.2) is 11.2 Å². The highest BCUT2D eigenvalue weighted by Crippen LogP contribution is 2.24. The van der Waals surface area contributed by atoms with Crippen LogP contribution in [0.15, 0.2) is 18.2 Å². The second-order valence-electron chi connectivity index (χ2n) is 5.29. The number of benzene rings is 1. The number of hydrogen-bond acceptors (Lipinski definition) is 1. The van der Waals surface area contributed by atoms with Gasteiger partial charge in [-0.05, 0) is 42.9 Å². The van der Waals surface area contributed by atoms with Crippen LogP contribution in [0.5, 0.6) is 0 Å². The molecule has 0 aliphatic rings. The van der Waals surface area contributed by atoms with Crippen LogP contribution in [0.1, 0.15) is 63.5 Å². The number of anilines is 1. The zero-order valence-electron chi connectivity index (χ0n) is 12.7. The van der Waals surface area contributed by atoms with Crippen LogP contribution in [0.4, 0.5) is 10.5 Å². The number of carbonyl (C=O) groups is 1. The zero-order chi connectivity index (χ0) is 14.8. The summed E-state index contributed by atoms with van der Waals surface area (Å²) in [5, 5.41) is 11.5. The largest absolute Gasteiger partial charge is 0.465 e. The maximum absolute atomic E-state index is 10.9. The normalized spacial score (nSPS) is 10.5. The number of carboxylic acid groups (broad SMARTS) is 1. The van der Waals surface area contributed by atoms with Crippen LogP contribution in [0, 0.1) is 0 Å². The molecule has 0 aromatic heterocycles. The number of aryl methyl sites for hydroxylation is 1. The molecule has 0 atom stereocenters. The van der Waals surface area contributed by atoms with Gasteiger partial charge in [-0.15, -0.1) is 0 Å². The average molecular weight is 277 g/mol. The highest BCUT2D eigenvalue weighted by Gasteiger charge is 2.10. The zero-order valence-corrected chi connectivity index (χ0v) is 12.7. The molecule has 0 bridgehead atoms. The van der Waals surface area contributed by atoms with E-state index in [1.165, 1.54) is 43.2 Å². The smallest absolute Gasteiger partial charge is 0.409 e. The van der Waals surface area contributed by atoms with Gasteiger partial charge in [-0.2, -0.15) is 0 Å². The fourth-order valence-electron chi connectivity index (χ4n) is 2.51. The molecular weight excluding hydrogens is 250 g/mol. The highest BCUT2D eigenvalue weighted by atomic mass is 16.4. The SMILES string of the molecule is CCCCCc1cccc(NC(=O)O)c1CCCCC. The van der Waals surface area contributed by atoms with Gasteiger partial charge in [-0.3, -0.25) is 5.32 Å². The lowest BCUT2D eigenvalue weighted by molar-refractivity contribution is 0.209. The van der Waals surface area contributed by atoms with Gasteiger partial charge < -0.3 is 5.11 Å². The molecule has 1 rings (SSSR count). The molecule has 1 aromatic carbocycles. The van der Waals surface area contributed by atoms with E-state index in [4.69, 9.17) is 5.11 Å². The minimum Gasteiger partial charge on any atom is -0.465 e. The van der Waals surface area contributed by atoms with E-state index in [2.05, 4.69) is 25.2 Å². The van der Waals surface area contributed by atoms with E-state index in [0.717, 1.165) is 24.9 Å². The number of rotatable bonds is 9. The quantitative estimate of drug-likeness (QED) is 0.606. The monoisotopic (exact) mass is 277 g/mol. The lowest BCUT2D eigenvalue weighted by Crippen LogP contribution is -2.11. The molecule has 0 radical (unpaired) electrons. The Labute approximate surface area is 122 Å². The Hall–Kier alpha value is -1.51. The Bertz CT molecular complexity index is 415. The lowest BCUT2D eigenvalue weighted by atomic mass is 9.95. The van der Waals surface area contributed by atoms with Gasteiger partial charge in [0.15, 0.2) is 0 Å². The molecule has 0 saturated heterocycles. The van der Waals surface area contributed by atoms with E-state index in [9.17, 15) is 4.79 Å². The first-order valence-corrected chi connectivity index (χ1v) is 7.79. The van der Waals surface area contributed by atoms with Crippen molar-refractivity contribution in [2.75, 3.05) is 5.32 Å². The van der Waals surface area contributed by atoms with E-state index < -0.39 is 6.09 Å². The fourth-order valence-corrected chi connectivity index (χ4v) is 2.51. The molecule has 0 aliphatic heterocycles. The molecule has 20 heavy (non-hydrogen) atoms. The number of nitrogens with one attached hydrogen (secondary N) is 1. The molecule has 0 aliphatic carbocycles. The van der Waals surface area contributed by atoms with Crippen molar-refractivity contribution in [3.63, 3.8) is 0 Å². The minimum atomic E-state index is -0.979. The topological polar surface area (TPSA) is 49.3 Å². The van der Waals surface area contributed by atoms with Gasteiger partial charge >= 0.3 is 6.09 Å². The number of hydrogen-bond donors (Lipinski definition) is 2. The molecule has 3 nitrogen and oxygen atoms in total. The van der Waals surface area contributed by atoms with Crippen molar-refractivity contribution < 1.29 is 9.90 Å². The summed E-state index contributed by atoms with van der Waals surface area (Å²) in [5.41, 5.74) is 3.27. The third kappa shape index (κ3) is 5.64. The standard InChI is InChI=1S/C17H27NO2/c1-3-5-7-10-14-11-9-13-16(18-17(19)20)15(14)12-8-6-4-2/h9,11,13,18H,3-8,10,12H2,1-2H3,(H,19,20). The highest BCUT2D eigenvalue weighted by molar-refractivity contribution is 5.84. The molecular formula is C17H27NO2. The molecule has 0 saturated carbocycles. The van der Waals surface area contributed by atoms with Crippen molar-refractivity contribution in [2.45, 2.75) is 65.2 Å². The van der Waals surface area contributed by atoms with Crippen LogP contribution < -0.4 is 5.32 Å². The molecule has 0 spiro atoms. The maximum Gasteiger partial charge on any atom is 0.409 e. The van der Waals surface area contributed by atoms with Gasteiger partial charge in [0.2, 0.25) is 0 Å². The molecule has 0 heterocycles. The third-order valence-corrected chi connectivity index (χ3v) is 3.59. The minimum absolute atomic E-state index is 0.766. The summed E-state index contributed by atoms with van der Waals surface area (Å²) in [6, 6.07) is 5.97.